The lowest BCUT2D eigenvalue weighted by Crippen LogP contribution is -2.67. The van der Waals surface area contributed by atoms with E-state index in [1.54, 1.807) is 29.4 Å². The average Bonchev–Trinajstić information content (AvgIpc) is 2.70. The maximum Gasteiger partial charge on any atom is 0.255 e. The zero-order valence-electron chi connectivity index (χ0n) is 15.8. The van der Waals surface area contributed by atoms with Gasteiger partial charge in [0.2, 0.25) is 5.91 Å². The van der Waals surface area contributed by atoms with Crippen molar-refractivity contribution in [3.8, 4) is 0 Å². The number of aromatic nitrogens is 1. The minimum atomic E-state index is -1.10. The fourth-order valence-corrected chi connectivity index (χ4v) is 3.60. The molecule has 0 radical (unpaired) electrons. The summed E-state index contributed by atoms with van der Waals surface area (Å²) in [6.45, 7) is 3.98. The van der Waals surface area contributed by atoms with Gasteiger partial charge in [-0.25, -0.2) is 0 Å². The highest BCUT2D eigenvalue weighted by Crippen LogP contribution is 2.45. The number of pyridine rings is 1. The smallest absolute Gasteiger partial charge is 0.255 e. The van der Waals surface area contributed by atoms with E-state index < -0.39 is 5.54 Å². The zero-order valence-corrected chi connectivity index (χ0v) is 15.8. The number of amides is 2. The third kappa shape index (κ3) is 2.95. The molecule has 0 spiro atoms. The van der Waals surface area contributed by atoms with Crippen LogP contribution in [-0.2, 0) is 15.1 Å². The molecule has 1 unspecified atom stereocenters. The molecule has 1 aliphatic rings. The molecule has 5 nitrogen and oxygen atoms in total. The number of aryl methyl sites for hydroxylation is 2. The lowest BCUT2D eigenvalue weighted by Gasteiger charge is -2.50. The number of hydrogen-bond donors (Lipinski definition) is 1. The van der Waals surface area contributed by atoms with Gasteiger partial charge in [0.1, 0.15) is 0 Å². The van der Waals surface area contributed by atoms with Gasteiger partial charge in [0.15, 0.2) is 5.54 Å². The topological polar surface area (TPSA) is 62.3 Å². The maximum absolute atomic E-state index is 13.5. The van der Waals surface area contributed by atoms with Crippen LogP contribution in [0.15, 0.2) is 73.1 Å². The Bertz CT molecular complexity index is 1010. The number of carbonyl (C=O) groups is 2. The Balaban J connectivity index is 1.77. The first-order valence-corrected chi connectivity index (χ1v) is 9.19. The van der Waals surface area contributed by atoms with Crippen molar-refractivity contribution in [2.24, 2.45) is 0 Å². The summed E-state index contributed by atoms with van der Waals surface area (Å²) in [5.41, 5.74) is 3.26. The van der Waals surface area contributed by atoms with Gasteiger partial charge < -0.3 is 5.32 Å². The summed E-state index contributed by atoms with van der Waals surface area (Å²) in [6, 6.07) is 18.8. The minimum Gasteiger partial charge on any atom is -0.324 e. The summed E-state index contributed by atoms with van der Waals surface area (Å²) in [6.07, 6.45) is 3.40. The van der Waals surface area contributed by atoms with Crippen LogP contribution < -0.4 is 10.2 Å². The Morgan fingerprint density at radius 2 is 1.50 bits per heavy atom. The molecule has 1 aliphatic heterocycles. The van der Waals surface area contributed by atoms with Crippen molar-refractivity contribution in [3.63, 3.8) is 0 Å². The Morgan fingerprint density at radius 3 is 2.07 bits per heavy atom. The molecule has 2 aromatic carbocycles. The molecular formula is C23H21N3O2. The van der Waals surface area contributed by atoms with E-state index in [1.165, 1.54) is 0 Å². The van der Waals surface area contributed by atoms with Crippen molar-refractivity contribution < 1.29 is 9.59 Å². The SMILES string of the molecule is Cc1ccc(NC(=O)C2(c3ccncc3)CC(=O)N2c2ccc(C)cc2)cc1. The first kappa shape index (κ1) is 17.9. The van der Waals surface area contributed by atoms with Crippen LogP contribution in [0.2, 0.25) is 0 Å². The second-order valence-corrected chi connectivity index (χ2v) is 7.16. The lowest BCUT2D eigenvalue weighted by atomic mass is 9.76. The van der Waals surface area contributed by atoms with E-state index in [1.807, 2.05) is 62.4 Å². The molecular weight excluding hydrogens is 350 g/mol. The predicted molar refractivity (Wildman–Crippen MR) is 109 cm³/mol. The molecule has 1 fully saturated rings. The second-order valence-electron chi connectivity index (χ2n) is 7.16. The van der Waals surface area contributed by atoms with Crippen molar-refractivity contribution >= 4 is 23.2 Å². The third-order valence-electron chi connectivity index (χ3n) is 5.17. The highest BCUT2D eigenvalue weighted by Gasteiger charge is 2.58. The number of benzene rings is 2. The van der Waals surface area contributed by atoms with Crippen LogP contribution in [0.25, 0.3) is 0 Å². The van der Waals surface area contributed by atoms with Gasteiger partial charge in [-0.2, -0.15) is 0 Å². The van der Waals surface area contributed by atoms with E-state index in [2.05, 4.69) is 10.3 Å². The summed E-state index contributed by atoms with van der Waals surface area (Å²) < 4.78 is 0. The number of nitrogens with one attached hydrogen (secondary N) is 1. The standard InChI is InChI=1S/C23H21N3O2/c1-16-3-7-19(8-4-16)25-22(28)23(18-11-13-24-14-12-18)15-21(27)26(23)20-9-5-17(2)6-10-20/h3-14H,15H2,1-2H3,(H,25,28). The first-order chi connectivity index (χ1) is 13.5. The summed E-state index contributed by atoms with van der Waals surface area (Å²) in [4.78, 5) is 31.8. The van der Waals surface area contributed by atoms with E-state index in [9.17, 15) is 9.59 Å². The van der Waals surface area contributed by atoms with Crippen LogP contribution in [0.4, 0.5) is 11.4 Å². The summed E-state index contributed by atoms with van der Waals surface area (Å²) in [5.74, 6) is -0.317. The van der Waals surface area contributed by atoms with Crippen LogP contribution >= 0.6 is 0 Å². The molecule has 3 aromatic rings. The molecule has 0 saturated carbocycles. The van der Waals surface area contributed by atoms with Crippen LogP contribution in [-0.4, -0.2) is 16.8 Å². The summed E-state index contributed by atoms with van der Waals surface area (Å²) in [5, 5.41) is 2.99. The molecule has 140 valence electrons. The van der Waals surface area contributed by atoms with Crippen molar-refractivity contribution in [2.75, 3.05) is 10.2 Å². The van der Waals surface area contributed by atoms with E-state index in [0.717, 1.165) is 16.7 Å². The average molecular weight is 371 g/mol. The van der Waals surface area contributed by atoms with Crippen LogP contribution in [0, 0.1) is 13.8 Å². The van der Waals surface area contributed by atoms with Gasteiger partial charge in [-0.15, -0.1) is 0 Å². The third-order valence-corrected chi connectivity index (χ3v) is 5.17. The normalized spacial score (nSPS) is 18.5. The number of rotatable bonds is 4. The van der Waals surface area contributed by atoms with Crippen molar-refractivity contribution in [1.29, 1.82) is 0 Å². The van der Waals surface area contributed by atoms with Crippen LogP contribution in [0.1, 0.15) is 23.1 Å². The molecule has 0 aliphatic carbocycles. The molecule has 1 saturated heterocycles. The quantitative estimate of drug-likeness (QED) is 0.706. The Hall–Kier alpha value is -3.47. The van der Waals surface area contributed by atoms with Crippen LogP contribution in [0.3, 0.4) is 0 Å². The highest BCUT2D eigenvalue weighted by molar-refractivity contribution is 6.17. The van der Waals surface area contributed by atoms with E-state index >= 15 is 0 Å². The Kier molecular flexibility index (Phi) is 4.43. The lowest BCUT2D eigenvalue weighted by molar-refractivity contribution is -0.137. The van der Waals surface area contributed by atoms with Gasteiger partial charge in [-0.1, -0.05) is 35.4 Å². The largest absolute Gasteiger partial charge is 0.324 e. The highest BCUT2D eigenvalue weighted by atomic mass is 16.2. The fourth-order valence-electron chi connectivity index (χ4n) is 3.60. The molecule has 1 N–H and O–H groups in total. The molecule has 0 bridgehead atoms. The van der Waals surface area contributed by atoms with Gasteiger partial charge in [0.05, 0.1) is 6.42 Å². The number of β-lactam (4-membered cyclic amide) rings is 1. The molecule has 28 heavy (non-hydrogen) atoms. The van der Waals surface area contributed by atoms with Crippen LogP contribution in [0.5, 0.6) is 0 Å². The number of carbonyl (C=O) groups excluding carboxylic acids is 2. The molecule has 4 rings (SSSR count). The van der Waals surface area contributed by atoms with E-state index in [-0.39, 0.29) is 18.2 Å². The van der Waals surface area contributed by atoms with Gasteiger partial charge in [0, 0.05) is 23.8 Å². The molecule has 1 atom stereocenters. The molecule has 5 heteroatoms. The van der Waals surface area contributed by atoms with Crippen molar-refractivity contribution in [1.82, 2.24) is 4.98 Å². The van der Waals surface area contributed by atoms with E-state index in [0.29, 0.717) is 11.4 Å². The first-order valence-electron chi connectivity index (χ1n) is 9.19. The minimum absolute atomic E-state index is 0.0836. The summed E-state index contributed by atoms with van der Waals surface area (Å²) in [7, 11) is 0. The molecule has 1 aromatic heterocycles. The fraction of sp³-hybridized carbons (Fsp3) is 0.174. The van der Waals surface area contributed by atoms with Gasteiger partial charge >= 0.3 is 0 Å². The Morgan fingerprint density at radius 1 is 0.929 bits per heavy atom. The van der Waals surface area contributed by atoms with Gasteiger partial charge in [-0.3, -0.25) is 19.5 Å². The monoisotopic (exact) mass is 371 g/mol. The molecule has 2 amide bonds. The Labute approximate surface area is 164 Å². The second kappa shape index (κ2) is 6.93. The van der Waals surface area contributed by atoms with Gasteiger partial charge in [0.25, 0.3) is 5.91 Å². The van der Waals surface area contributed by atoms with Crippen molar-refractivity contribution in [2.45, 2.75) is 25.8 Å². The molecule has 2 heterocycles. The maximum atomic E-state index is 13.5. The number of anilines is 2. The number of hydrogen-bond acceptors (Lipinski definition) is 3. The van der Waals surface area contributed by atoms with E-state index in [4.69, 9.17) is 0 Å². The van der Waals surface area contributed by atoms with Crippen molar-refractivity contribution in [3.05, 3.63) is 89.7 Å². The zero-order chi connectivity index (χ0) is 19.7. The number of nitrogens with zero attached hydrogens (tertiary/aromatic N) is 2. The predicted octanol–water partition coefficient (Wildman–Crippen LogP) is 3.97. The van der Waals surface area contributed by atoms with Gasteiger partial charge in [-0.05, 0) is 55.8 Å². The summed E-state index contributed by atoms with van der Waals surface area (Å²) >= 11 is 0.